The summed E-state index contributed by atoms with van der Waals surface area (Å²) in [5.41, 5.74) is -0.679. The third-order valence-corrected chi connectivity index (χ3v) is 4.38. The van der Waals surface area contributed by atoms with E-state index >= 15 is 0 Å². The molecule has 0 bridgehead atoms. The Morgan fingerprint density at radius 1 is 1.03 bits per heavy atom. The van der Waals surface area contributed by atoms with Gasteiger partial charge in [0.1, 0.15) is 0 Å². The van der Waals surface area contributed by atoms with E-state index in [0.717, 1.165) is 6.92 Å². The highest BCUT2D eigenvalue weighted by Gasteiger charge is 2.69. The lowest BCUT2D eigenvalue weighted by Crippen LogP contribution is -2.59. The van der Waals surface area contributed by atoms with E-state index in [0.29, 0.717) is 6.42 Å². The normalized spacial score (nSPS) is 15.2. The van der Waals surface area contributed by atoms with Crippen molar-refractivity contribution >= 4 is 22.1 Å². The maximum absolute atomic E-state index is 13.6. The summed E-state index contributed by atoms with van der Waals surface area (Å²) in [5.74, 6) is -14.5. The summed E-state index contributed by atoms with van der Waals surface area (Å²) in [5, 5.41) is -6.10. The third kappa shape index (κ3) is 6.77. The summed E-state index contributed by atoms with van der Waals surface area (Å²) in [7, 11) is -6.67. The maximum atomic E-state index is 13.6. The Labute approximate surface area is 172 Å². The maximum Gasteiger partial charge on any atom is 0.468 e. The predicted molar refractivity (Wildman–Crippen MR) is 87.6 cm³/mol. The Morgan fingerprint density at radius 3 is 1.94 bits per heavy atom. The molecule has 8 nitrogen and oxygen atoms in total. The number of ether oxygens (including phenoxy) is 3. The zero-order valence-corrected chi connectivity index (χ0v) is 16.9. The minimum atomic E-state index is -6.67. The summed E-state index contributed by atoms with van der Waals surface area (Å²) in [6.07, 6.45) is -7.99. The molecule has 0 aromatic carbocycles. The summed E-state index contributed by atoms with van der Waals surface area (Å²) in [4.78, 5) is 23.6. The molecule has 31 heavy (non-hydrogen) atoms. The van der Waals surface area contributed by atoms with Crippen LogP contribution in [0, 0.1) is 0 Å². The summed E-state index contributed by atoms with van der Waals surface area (Å²) in [6.45, 7) is 2.70. The topological polar surface area (TPSA) is 116 Å². The zero-order valence-electron chi connectivity index (χ0n) is 16.1. The van der Waals surface area contributed by atoms with Crippen LogP contribution in [-0.2, 0) is 33.9 Å². The number of halogens is 7. The molecule has 1 atom stereocenters. The first-order chi connectivity index (χ1) is 13.8. The molecule has 16 heteroatoms. The van der Waals surface area contributed by atoms with Gasteiger partial charge in [-0.25, -0.2) is 9.59 Å². The quantitative estimate of drug-likeness (QED) is 0.110. The Kier molecular flexibility index (Phi) is 9.49. The molecule has 0 amide bonds. The lowest BCUT2D eigenvalue weighted by atomic mass is 10.2. The summed E-state index contributed by atoms with van der Waals surface area (Å²) >= 11 is 0. The van der Waals surface area contributed by atoms with Crippen molar-refractivity contribution in [2.24, 2.45) is 0 Å². The fraction of sp³-hybridized carbons (Fsp3) is 0.733. The van der Waals surface area contributed by atoms with Crippen LogP contribution < -0.4 is 0 Å². The number of hydrogen-bond acceptors (Lipinski definition) is 7. The molecule has 182 valence electrons. The van der Waals surface area contributed by atoms with E-state index in [1.807, 2.05) is 0 Å². The molecule has 0 aliphatic rings. The van der Waals surface area contributed by atoms with Crippen LogP contribution in [0.3, 0.4) is 0 Å². The first-order valence-electron chi connectivity index (χ1n) is 8.26. The minimum absolute atomic E-state index is 0.0484. The van der Waals surface area contributed by atoms with E-state index < -0.39 is 70.4 Å². The summed E-state index contributed by atoms with van der Waals surface area (Å²) in [6, 6.07) is 0. The van der Waals surface area contributed by atoms with Crippen LogP contribution in [0.25, 0.3) is 0 Å². The Balaban J connectivity index is 5.96. The van der Waals surface area contributed by atoms with Gasteiger partial charge in [-0.15, -0.1) is 0 Å². The van der Waals surface area contributed by atoms with E-state index in [-0.39, 0.29) is 6.42 Å². The molecule has 0 saturated carbocycles. The number of hydrogen-bond donors (Lipinski definition) is 1. The molecule has 0 aromatic heterocycles. The zero-order chi connectivity index (χ0) is 24.9. The lowest BCUT2D eigenvalue weighted by molar-refractivity contribution is -0.357. The molecule has 0 rings (SSSR count). The molecule has 0 aliphatic heterocycles. The van der Waals surface area contributed by atoms with Gasteiger partial charge in [0, 0.05) is 12.0 Å². The first-order valence-corrected chi connectivity index (χ1v) is 9.70. The molecule has 0 radical (unpaired) electrons. The fourth-order valence-corrected chi connectivity index (χ4v) is 2.14. The van der Waals surface area contributed by atoms with Crippen molar-refractivity contribution in [3.63, 3.8) is 0 Å². The van der Waals surface area contributed by atoms with Crippen LogP contribution in [-0.4, -0.2) is 61.3 Å². The largest absolute Gasteiger partial charge is 0.468 e. The molecule has 0 aromatic rings. The van der Waals surface area contributed by atoms with Gasteiger partial charge < -0.3 is 14.2 Å². The molecule has 0 aliphatic carbocycles. The van der Waals surface area contributed by atoms with Crippen molar-refractivity contribution in [2.75, 3.05) is 13.2 Å². The molecule has 1 unspecified atom stereocenters. The second-order valence-electron chi connectivity index (χ2n) is 6.07. The van der Waals surface area contributed by atoms with Gasteiger partial charge in [0.25, 0.3) is 0 Å². The van der Waals surface area contributed by atoms with Crippen LogP contribution in [0.4, 0.5) is 30.7 Å². The number of carbonyl (C=O) groups excluding carboxylic acids is 2. The van der Waals surface area contributed by atoms with Crippen molar-refractivity contribution in [1.82, 2.24) is 0 Å². The fourth-order valence-electron chi connectivity index (χ4n) is 1.66. The monoisotopic (exact) mass is 492 g/mol. The van der Waals surface area contributed by atoms with E-state index in [1.54, 1.807) is 6.92 Å². The summed E-state index contributed by atoms with van der Waals surface area (Å²) < 4.78 is 136. The van der Waals surface area contributed by atoms with Crippen molar-refractivity contribution in [1.29, 1.82) is 0 Å². The first kappa shape index (κ1) is 29.1. The van der Waals surface area contributed by atoms with Gasteiger partial charge >= 0.3 is 45.2 Å². The van der Waals surface area contributed by atoms with Gasteiger partial charge in [0.05, 0.1) is 13.2 Å². The average molecular weight is 492 g/mol. The van der Waals surface area contributed by atoms with Crippen LogP contribution >= 0.6 is 0 Å². The van der Waals surface area contributed by atoms with Crippen molar-refractivity contribution in [2.45, 2.75) is 56.3 Å². The highest BCUT2D eigenvalue weighted by Crippen LogP contribution is 2.42. The van der Waals surface area contributed by atoms with Gasteiger partial charge in [0.15, 0.2) is 0 Å². The lowest BCUT2D eigenvalue weighted by Gasteiger charge is -2.33. The number of rotatable bonds is 12. The van der Waals surface area contributed by atoms with Gasteiger partial charge in [0.2, 0.25) is 0 Å². The molecule has 1 N–H and O–H groups in total. The second kappa shape index (κ2) is 10.1. The van der Waals surface area contributed by atoms with Crippen molar-refractivity contribution in [3.05, 3.63) is 12.2 Å². The standard InChI is InChI=1S/C15H19F7O8S/c1-4-5-7-28-11(24)13(14(18,19)20,30-10(23)9(2)3)29-8-6-12(16,17)15(21,22)31(25,26)27/h2,4-8H2,1,3H3,(H,25,26,27). The van der Waals surface area contributed by atoms with E-state index in [2.05, 4.69) is 20.8 Å². The average Bonchev–Trinajstić information content (AvgIpc) is 2.58. The number of alkyl halides is 7. The third-order valence-electron chi connectivity index (χ3n) is 3.43. The molecule has 0 heterocycles. The van der Waals surface area contributed by atoms with Gasteiger partial charge in [-0.05, 0) is 13.3 Å². The van der Waals surface area contributed by atoms with Gasteiger partial charge in [-0.1, -0.05) is 19.9 Å². The molecule has 0 saturated heterocycles. The number of esters is 2. The Bertz CT molecular complexity index is 779. The van der Waals surface area contributed by atoms with Crippen LogP contribution in [0.1, 0.15) is 33.1 Å². The Hall–Kier alpha value is -1.94. The van der Waals surface area contributed by atoms with Crippen LogP contribution in [0.15, 0.2) is 12.2 Å². The van der Waals surface area contributed by atoms with Crippen molar-refractivity contribution in [3.8, 4) is 0 Å². The highest BCUT2D eigenvalue weighted by molar-refractivity contribution is 7.87. The van der Waals surface area contributed by atoms with Crippen LogP contribution in [0.2, 0.25) is 0 Å². The van der Waals surface area contributed by atoms with E-state index in [4.69, 9.17) is 4.55 Å². The SMILES string of the molecule is C=C(C)C(=O)OC(OCCC(F)(F)C(F)(F)S(=O)(=O)O)(C(=O)OCCCC)C(F)(F)F. The second-order valence-corrected chi connectivity index (χ2v) is 7.53. The molecule has 0 spiro atoms. The highest BCUT2D eigenvalue weighted by atomic mass is 32.2. The van der Waals surface area contributed by atoms with Gasteiger partial charge in [-0.3, -0.25) is 4.55 Å². The van der Waals surface area contributed by atoms with Crippen LogP contribution in [0.5, 0.6) is 0 Å². The van der Waals surface area contributed by atoms with Crippen molar-refractivity contribution < 1.29 is 67.5 Å². The molecular weight excluding hydrogens is 473 g/mol. The smallest absolute Gasteiger partial charge is 0.461 e. The molecular formula is C15H19F7O8S. The predicted octanol–water partition coefficient (Wildman–Crippen LogP) is 3.23. The minimum Gasteiger partial charge on any atom is -0.461 e. The number of unbranched alkanes of at least 4 members (excludes halogenated alkanes) is 1. The van der Waals surface area contributed by atoms with E-state index in [9.17, 15) is 48.7 Å². The van der Waals surface area contributed by atoms with Gasteiger partial charge in [-0.2, -0.15) is 39.2 Å². The number of carbonyl (C=O) groups is 2. The van der Waals surface area contributed by atoms with E-state index in [1.165, 1.54) is 0 Å². The molecule has 0 fully saturated rings. The Morgan fingerprint density at radius 2 is 1.55 bits per heavy atom.